The van der Waals surface area contributed by atoms with Crippen LogP contribution in [0.25, 0.3) is 11.3 Å². The quantitative estimate of drug-likeness (QED) is 0.629. The second kappa shape index (κ2) is 7.95. The monoisotopic (exact) mass is 391 g/mol. The Morgan fingerprint density at radius 3 is 2.56 bits per heavy atom. The van der Waals surface area contributed by atoms with Crippen molar-refractivity contribution in [1.29, 1.82) is 0 Å². The third-order valence-corrected chi connectivity index (χ3v) is 5.31. The number of nitrogens with zero attached hydrogens (tertiary/aromatic N) is 2. The van der Waals surface area contributed by atoms with E-state index in [-0.39, 0.29) is 11.7 Å². The van der Waals surface area contributed by atoms with Crippen LogP contribution in [0.3, 0.4) is 0 Å². The number of carbonyl (C=O) groups excluding carboxylic acids is 1. The molecular formula is C18H15Cl2N3OS. The fourth-order valence-electron chi connectivity index (χ4n) is 2.41. The maximum absolute atomic E-state index is 11.1. The van der Waals surface area contributed by atoms with Gasteiger partial charge in [0.2, 0.25) is 5.91 Å². The molecule has 25 heavy (non-hydrogen) atoms. The Labute approximate surface area is 160 Å². The minimum Gasteiger partial charge on any atom is -0.369 e. The number of benzene rings is 2. The van der Waals surface area contributed by atoms with E-state index in [0.29, 0.717) is 16.6 Å². The molecule has 1 amide bonds. The fourth-order valence-corrected chi connectivity index (χ4v) is 3.43. The molecule has 0 unspecified atom stereocenters. The van der Waals surface area contributed by atoms with Gasteiger partial charge in [-0.25, -0.2) is 4.98 Å². The third-order valence-electron chi connectivity index (χ3n) is 3.56. The van der Waals surface area contributed by atoms with Gasteiger partial charge in [-0.05, 0) is 17.7 Å². The molecule has 3 aromatic rings. The van der Waals surface area contributed by atoms with Crippen molar-refractivity contribution < 1.29 is 4.79 Å². The standard InChI is InChI=1S/C18H15Cl2N3OS/c19-14-7-6-13(8-15(14)20)16-9-22-18(25-11-17(21)24)23(16)10-12-4-2-1-3-5-12/h1-9H,10-11H2,(H2,21,24). The zero-order valence-corrected chi connectivity index (χ0v) is 15.5. The van der Waals surface area contributed by atoms with Gasteiger partial charge in [0.05, 0.1) is 34.2 Å². The number of primary amides is 1. The molecule has 0 atom stereocenters. The Bertz CT molecular complexity index is 897. The van der Waals surface area contributed by atoms with E-state index in [9.17, 15) is 4.79 Å². The largest absolute Gasteiger partial charge is 0.369 e. The number of imidazole rings is 1. The summed E-state index contributed by atoms with van der Waals surface area (Å²) in [5, 5.41) is 1.71. The Morgan fingerprint density at radius 2 is 1.88 bits per heavy atom. The van der Waals surface area contributed by atoms with E-state index in [4.69, 9.17) is 28.9 Å². The zero-order valence-electron chi connectivity index (χ0n) is 13.2. The van der Waals surface area contributed by atoms with Crippen molar-refractivity contribution in [3.8, 4) is 11.3 Å². The zero-order chi connectivity index (χ0) is 17.8. The summed E-state index contributed by atoms with van der Waals surface area (Å²) in [6.45, 7) is 0.623. The molecule has 0 bridgehead atoms. The summed E-state index contributed by atoms with van der Waals surface area (Å²) >= 11 is 13.5. The molecule has 4 nitrogen and oxygen atoms in total. The number of hydrogen-bond donors (Lipinski definition) is 1. The summed E-state index contributed by atoms with van der Waals surface area (Å²) in [6, 6.07) is 15.5. The van der Waals surface area contributed by atoms with E-state index >= 15 is 0 Å². The van der Waals surface area contributed by atoms with Crippen molar-refractivity contribution in [1.82, 2.24) is 9.55 Å². The Morgan fingerprint density at radius 1 is 1.12 bits per heavy atom. The Kier molecular flexibility index (Phi) is 5.68. The highest BCUT2D eigenvalue weighted by atomic mass is 35.5. The summed E-state index contributed by atoms with van der Waals surface area (Å²) in [7, 11) is 0. The second-order valence-corrected chi connectivity index (χ2v) is 7.14. The average molecular weight is 392 g/mol. The van der Waals surface area contributed by atoms with Crippen LogP contribution in [0, 0.1) is 0 Å². The number of halogens is 2. The first-order valence-electron chi connectivity index (χ1n) is 7.50. The van der Waals surface area contributed by atoms with Crippen LogP contribution < -0.4 is 5.73 Å². The molecule has 0 aliphatic rings. The molecular weight excluding hydrogens is 377 g/mol. The van der Waals surface area contributed by atoms with Gasteiger partial charge in [0.25, 0.3) is 0 Å². The summed E-state index contributed by atoms with van der Waals surface area (Å²) in [5.41, 5.74) is 8.20. The predicted molar refractivity (Wildman–Crippen MR) is 103 cm³/mol. The van der Waals surface area contributed by atoms with Crippen LogP contribution in [0.1, 0.15) is 5.56 Å². The minimum absolute atomic E-state index is 0.173. The predicted octanol–water partition coefficient (Wildman–Crippen LogP) is 4.48. The summed E-state index contributed by atoms with van der Waals surface area (Å²) in [5.74, 6) is -0.206. The van der Waals surface area contributed by atoms with Crippen molar-refractivity contribution >= 4 is 40.9 Å². The molecule has 2 N–H and O–H groups in total. The molecule has 0 fully saturated rings. The van der Waals surface area contributed by atoms with E-state index in [1.807, 2.05) is 47.0 Å². The number of nitrogens with two attached hydrogens (primary N) is 1. The molecule has 128 valence electrons. The molecule has 0 radical (unpaired) electrons. The number of thioether (sulfide) groups is 1. The normalized spacial score (nSPS) is 10.8. The lowest BCUT2D eigenvalue weighted by molar-refractivity contribution is -0.115. The van der Waals surface area contributed by atoms with E-state index in [1.165, 1.54) is 11.8 Å². The third kappa shape index (κ3) is 4.37. The first-order chi connectivity index (χ1) is 12.0. The van der Waals surface area contributed by atoms with Gasteiger partial charge in [-0.1, -0.05) is 71.4 Å². The highest BCUT2D eigenvalue weighted by molar-refractivity contribution is 7.99. The lowest BCUT2D eigenvalue weighted by Crippen LogP contribution is -2.14. The molecule has 2 aromatic carbocycles. The summed E-state index contributed by atoms with van der Waals surface area (Å²) in [4.78, 5) is 15.6. The van der Waals surface area contributed by atoms with Crippen LogP contribution in [0.2, 0.25) is 10.0 Å². The molecule has 0 saturated carbocycles. The van der Waals surface area contributed by atoms with Crippen molar-refractivity contribution in [2.75, 3.05) is 5.75 Å². The van der Waals surface area contributed by atoms with Crippen LogP contribution >= 0.6 is 35.0 Å². The first kappa shape index (κ1) is 17.9. The topological polar surface area (TPSA) is 60.9 Å². The van der Waals surface area contributed by atoms with Crippen LogP contribution in [-0.4, -0.2) is 21.2 Å². The highest BCUT2D eigenvalue weighted by Gasteiger charge is 2.14. The Balaban J connectivity index is 2.01. The number of carbonyl (C=O) groups is 1. The lowest BCUT2D eigenvalue weighted by atomic mass is 10.1. The Hall–Kier alpha value is -1.95. The molecule has 1 heterocycles. The van der Waals surface area contributed by atoms with E-state index in [1.54, 1.807) is 12.3 Å². The van der Waals surface area contributed by atoms with Crippen molar-refractivity contribution in [2.45, 2.75) is 11.7 Å². The number of rotatable bonds is 6. The van der Waals surface area contributed by atoms with Gasteiger partial charge in [0, 0.05) is 5.56 Å². The number of amides is 1. The molecule has 3 rings (SSSR count). The van der Waals surface area contributed by atoms with Crippen molar-refractivity contribution in [3.63, 3.8) is 0 Å². The summed E-state index contributed by atoms with van der Waals surface area (Å²) in [6.07, 6.45) is 1.77. The molecule has 1 aromatic heterocycles. The summed E-state index contributed by atoms with van der Waals surface area (Å²) < 4.78 is 2.04. The van der Waals surface area contributed by atoms with Gasteiger partial charge >= 0.3 is 0 Å². The van der Waals surface area contributed by atoms with E-state index < -0.39 is 0 Å². The maximum atomic E-state index is 11.1. The first-order valence-corrected chi connectivity index (χ1v) is 9.24. The highest BCUT2D eigenvalue weighted by Crippen LogP contribution is 2.31. The number of hydrogen-bond acceptors (Lipinski definition) is 3. The minimum atomic E-state index is -0.379. The van der Waals surface area contributed by atoms with Gasteiger partial charge < -0.3 is 10.3 Å². The molecule has 0 saturated heterocycles. The molecule has 0 aliphatic carbocycles. The average Bonchev–Trinajstić information content (AvgIpc) is 2.99. The van der Waals surface area contributed by atoms with Crippen molar-refractivity contribution in [3.05, 3.63) is 70.3 Å². The fraction of sp³-hybridized carbons (Fsp3) is 0.111. The van der Waals surface area contributed by atoms with Crippen LogP contribution in [0.15, 0.2) is 59.9 Å². The van der Waals surface area contributed by atoms with Gasteiger partial charge in [0.1, 0.15) is 0 Å². The van der Waals surface area contributed by atoms with Gasteiger partial charge in [-0.15, -0.1) is 0 Å². The lowest BCUT2D eigenvalue weighted by Gasteiger charge is -2.12. The van der Waals surface area contributed by atoms with Gasteiger partial charge in [0.15, 0.2) is 5.16 Å². The smallest absolute Gasteiger partial charge is 0.227 e. The van der Waals surface area contributed by atoms with Gasteiger partial charge in [-0.2, -0.15) is 0 Å². The van der Waals surface area contributed by atoms with Crippen LogP contribution in [-0.2, 0) is 11.3 Å². The second-order valence-electron chi connectivity index (χ2n) is 5.38. The van der Waals surface area contributed by atoms with Gasteiger partial charge in [-0.3, -0.25) is 4.79 Å². The molecule has 0 spiro atoms. The maximum Gasteiger partial charge on any atom is 0.227 e. The van der Waals surface area contributed by atoms with Crippen LogP contribution in [0.5, 0.6) is 0 Å². The van der Waals surface area contributed by atoms with E-state index in [0.717, 1.165) is 22.0 Å². The number of aromatic nitrogens is 2. The molecule has 7 heteroatoms. The van der Waals surface area contributed by atoms with Crippen molar-refractivity contribution in [2.24, 2.45) is 5.73 Å². The SMILES string of the molecule is NC(=O)CSc1ncc(-c2ccc(Cl)c(Cl)c2)n1Cc1ccccc1. The van der Waals surface area contributed by atoms with Crippen LogP contribution in [0.4, 0.5) is 0 Å². The molecule has 0 aliphatic heterocycles. The van der Waals surface area contributed by atoms with E-state index in [2.05, 4.69) is 4.98 Å².